The molecule has 6 heteroatoms. The zero-order valence-corrected chi connectivity index (χ0v) is 13.9. The molecule has 0 radical (unpaired) electrons. The quantitative estimate of drug-likeness (QED) is 0.571. The summed E-state index contributed by atoms with van der Waals surface area (Å²) in [7, 11) is 0. The highest BCUT2D eigenvalue weighted by Gasteiger charge is 2.17. The van der Waals surface area contributed by atoms with E-state index in [0.29, 0.717) is 27.9 Å². The molecule has 0 aliphatic carbocycles. The summed E-state index contributed by atoms with van der Waals surface area (Å²) in [6.45, 7) is 1.82. The van der Waals surface area contributed by atoms with Gasteiger partial charge in [0.2, 0.25) is 0 Å². The Bertz CT molecular complexity index is 1150. The Labute approximate surface area is 148 Å². The van der Waals surface area contributed by atoms with Crippen LogP contribution in [0.15, 0.2) is 48.9 Å². The Morgan fingerprint density at radius 3 is 2.69 bits per heavy atom. The molecular weight excluding hydrogens is 329 g/mol. The van der Waals surface area contributed by atoms with Crippen molar-refractivity contribution in [3.63, 3.8) is 0 Å². The molecule has 126 valence electrons. The predicted molar refractivity (Wildman–Crippen MR) is 98.6 cm³/mol. The first-order valence-electron chi connectivity index (χ1n) is 7.97. The number of hydrogen-bond donors (Lipinski definition) is 2. The van der Waals surface area contributed by atoms with Gasteiger partial charge in [0.1, 0.15) is 11.6 Å². The van der Waals surface area contributed by atoms with Gasteiger partial charge in [-0.25, -0.2) is 9.37 Å². The molecule has 0 fully saturated rings. The third kappa shape index (κ3) is 2.38. The maximum absolute atomic E-state index is 14.5. The number of pyridine rings is 1. The van der Waals surface area contributed by atoms with Gasteiger partial charge < -0.3 is 5.73 Å². The van der Waals surface area contributed by atoms with Crippen LogP contribution in [0, 0.1) is 24.1 Å². The average Bonchev–Trinajstić information content (AvgIpc) is 3.16. The molecule has 0 amide bonds. The maximum atomic E-state index is 14.5. The number of rotatable bonds is 2. The summed E-state index contributed by atoms with van der Waals surface area (Å²) in [4.78, 5) is 4.23. The maximum Gasteiger partial charge on any atom is 0.131 e. The Kier molecular flexibility index (Phi) is 3.63. The van der Waals surface area contributed by atoms with Gasteiger partial charge in [0.25, 0.3) is 0 Å². The topological polar surface area (TPSA) is 91.4 Å². The number of nitriles is 1. The van der Waals surface area contributed by atoms with E-state index in [-0.39, 0.29) is 5.82 Å². The summed E-state index contributed by atoms with van der Waals surface area (Å²) < 4.78 is 14.5. The second-order valence-corrected chi connectivity index (χ2v) is 6.03. The molecule has 0 saturated heterocycles. The van der Waals surface area contributed by atoms with Crippen LogP contribution in [0.2, 0.25) is 0 Å². The number of aryl methyl sites for hydroxylation is 1. The molecule has 0 unspecified atom stereocenters. The predicted octanol–water partition coefficient (Wildman–Crippen LogP) is 4.19. The van der Waals surface area contributed by atoms with Crippen molar-refractivity contribution in [1.29, 1.82) is 5.26 Å². The number of hydrogen-bond acceptors (Lipinski definition) is 4. The normalized spacial score (nSPS) is 10.8. The summed E-state index contributed by atoms with van der Waals surface area (Å²) in [5, 5.41) is 17.8. The Hall–Kier alpha value is -3.72. The summed E-state index contributed by atoms with van der Waals surface area (Å²) in [6.07, 6.45) is 5.09. The molecule has 0 aliphatic heterocycles. The van der Waals surface area contributed by atoms with E-state index in [0.717, 1.165) is 22.1 Å². The summed E-state index contributed by atoms with van der Waals surface area (Å²) in [5.41, 5.74) is 9.73. The number of aromatic amines is 1. The SMILES string of the molecule is Cc1cccc(F)c1-c1cc2c(-c3cn[nH]c3)cnc(N)c2cc1C#N. The minimum atomic E-state index is -0.368. The van der Waals surface area contributed by atoms with E-state index in [1.54, 1.807) is 36.8 Å². The fourth-order valence-electron chi connectivity index (χ4n) is 3.21. The second kappa shape index (κ2) is 5.97. The smallest absolute Gasteiger partial charge is 0.131 e. The van der Waals surface area contributed by atoms with Gasteiger partial charge in [0, 0.05) is 40.0 Å². The van der Waals surface area contributed by atoms with Gasteiger partial charge in [-0.15, -0.1) is 0 Å². The van der Waals surface area contributed by atoms with Crippen LogP contribution in [0.4, 0.5) is 10.2 Å². The van der Waals surface area contributed by atoms with Crippen LogP contribution in [0.1, 0.15) is 11.1 Å². The minimum Gasteiger partial charge on any atom is -0.383 e. The molecule has 0 atom stereocenters. The van der Waals surface area contributed by atoms with Gasteiger partial charge in [-0.2, -0.15) is 10.4 Å². The lowest BCUT2D eigenvalue weighted by Crippen LogP contribution is -1.97. The lowest BCUT2D eigenvalue weighted by Gasteiger charge is -2.13. The van der Waals surface area contributed by atoms with E-state index in [4.69, 9.17) is 5.73 Å². The first-order valence-corrected chi connectivity index (χ1v) is 7.97. The van der Waals surface area contributed by atoms with Crippen LogP contribution in [-0.2, 0) is 0 Å². The van der Waals surface area contributed by atoms with Crippen molar-refractivity contribution in [3.8, 4) is 28.3 Å². The highest BCUT2D eigenvalue weighted by atomic mass is 19.1. The first-order chi connectivity index (χ1) is 12.6. The number of benzene rings is 2. The van der Waals surface area contributed by atoms with E-state index in [1.807, 2.05) is 13.0 Å². The number of nitrogen functional groups attached to an aromatic ring is 1. The number of aromatic nitrogens is 3. The number of H-pyrrole nitrogens is 1. The zero-order chi connectivity index (χ0) is 18.3. The average molecular weight is 343 g/mol. The van der Waals surface area contributed by atoms with Gasteiger partial charge in [0.05, 0.1) is 17.8 Å². The molecule has 26 heavy (non-hydrogen) atoms. The van der Waals surface area contributed by atoms with Crippen LogP contribution >= 0.6 is 0 Å². The van der Waals surface area contributed by atoms with Crippen molar-refractivity contribution in [1.82, 2.24) is 15.2 Å². The van der Waals surface area contributed by atoms with Crippen LogP contribution < -0.4 is 5.73 Å². The minimum absolute atomic E-state index is 0.320. The second-order valence-electron chi connectivity index (χ2n) is 6.03. The van der Waals surface area contributed by atoms with E-state index in [1.165, 1.54) is 6.07 Å². The molecule has 0 saturated carbocycles. The highest BCUT2D eigenvalue weighted by molar-refractivity contribution is 6.04. The molecular formula is C20H14FN5. The molecule has 0 bridgehead atoms. The highest BCUT2D eigenvalue weighted by Crippen LogP contribution is 2.37. The number of nitrogens with two attached hydrogens (primary N) is 1. The Morgan fingerprint density at radius 2 is 2.00 bits per heavy atom. The molecule has 4 aromatic rings. The Morgan fingerprint density at radius 1 is 1.15 bits per heavy atom. The van der Waals surface area contributed by atoms with Crippen LogP contribution in [0.5, 0.6) is 0 Å². The number of halogens is 1. The van der Waals surface area contributed by atoms with Crippen molar-refractivity contribution in [2.45, 2.75) is 6.92 Å². The van der Waals surface area contributed by atoms with Gasteiger partial charge in [0.15, 0.2) is 0 Å². The summed E-state index contributed by atoms with van der Waals surface area (Å²) in [5.74, 6) is -0.0479. The molecule has 2 aromatic carbocycles. The molecule has 0 aliphatic rings. The van der Waals surface area contributed by atoms with E-state index in [9.17, 15) is 9.65 Å². The number of nitrogens with zero attached hydrogens (tertiary/aromatic N) is 3. The third-order valence-corrected chi connectivity index (χ3v) is 4.48. The van der Waals surface area contributed by atoms with Crippen LogP contribution in [0.25, 0.3) is 33.0 Å². The van der Waals surface area contributed by atoms with Crippen molar-refractivity contribution >= 4 is 16.6 Å². The van der Waals surface area contributed by atoms with Crippen molar-refractivity contribution in [2.75, 3.05) is 5.73 Å². The number of anilines is 1. The standard InChI is InChI=1S/C20H14FN5/c1-11-3-2-4-18(21)19(11)14-6-15-16(5-12(14)7-22)20(23)24-10-17(15)13-8-25-26-9-13/h2-6,8-10H,1H3,(H2,23,24)(H,25,26). The molecule has 2 aromatic heterocycles. The van der Waals surface area contributed by atoms with Crippen LogP contribution in [0.3, 0.4) is 0 Å². The van der Waals surface area contributed by atoms with Crippen molar-refractivity contribution in [2.24, 2.45) is 0 Å². The Balaban J connectivity index is 2.12. The van der Waals surface area contributed by atoms with Gasteiger partial charge in [-0.3, -0.25) is 5.10 Å². The molecule has 0 spiro atoms. The van der Waals surface area contributed by atoms with Gasteiger partial charge in [-0.05, 0) is 36.1 Å². The van der Waals surface area contributed by atoms with Crippen molar-refractivity contribution < 1.29 is 4.39 Å². The molecule has 3 N–H and O–H groups in total. The zero-order valence-electron chi connectivity index (χ0n) is 13.9. The molecule has 4 rings (SSSR count). The van der Waals surface area contributed by atoms with E-state index < -0.39 is 0 Å². The van der Waals surface area contributed by atoms with Gasteiger partial charge >= 0.3 is 0 Å². The van der Waals surface area contributed by atoms with Crippen LogP contribution in [-0.4, -0.2) is 15.2 Å². The lowest BCUT2D eigenvalue weighted by atomic mass is 9.91. The van der Waals surface area contributed by atoms with Crippen molar-refractivity contribution in [3.05, 3.63) is 65.9 Å². The van der Waals surface area contributed by atoms with E-state index in [2.05, 4.69) is 21.3 Å². The number of nitrogens with one attached hydrogen (secondary N) is 1. The fourth-order valence-corrected chi connectivity index (χ4v) is 3.21. The van der Waals surface area contributed by atoms with E-state index >= 15 is 0 Å². The van der Waals surface area contributed by atoms with Gasteiger partial charge in [-0.1, -0.05) is 12.1 Å². The monoisotopic (exact) mass is 343 g/mol. The first kappa shape index (κ1) is 15.8. The lowest BCUT2D eigenvalue weighted by molar-refractivity contribution is 0.630. The third-order valence-electron chi connectivity index (χ3n) is 4.48. The largest absolute Gasteiger partial charge is 0.383 e. The number of fused-ring (bicyclic) bond motifs is 1. The summed E-state index contributed by atoms with van der Waals surface area (Å²) in [6, 6.07) is 10.5. The fraction of sp³-hybridized carbons (Fsp3) is 0.0500. The molecule has 2 heterocycles. The molecule has 5 nitrogen and oxygen atoms in total. The summed E-state index contributed by atoms with van der Waals surface area (Å²) >= 11 is 0.